The SMILES string of the molecule is COc1cccc(SCC2CCCN2)c1. The highest BCUT2D eigenvalue weighted by molar-refractivity contribution is 7.99. The average Bonchev–Trinajstić information content (AvgIpc) is 2.79. The van der Waals surface area contributed by atoms with Crippen LogP contribution in [0.4, 0.5) is 0 Å². The number of benzene rings is 1. The number of thioether (sulfide) groups is 1. The summed E-state index contributed by atoms with van der Waals surface area (Å²) in [4.78, 5) is 1.29. The Morgan fingerprint density at radius 3 is 3.20 bits per heavy atom. The number of methoxy groups -OCH3 is 1. The molecule has 1 aliphatic rings. The zero-order chi connectivity index (χ0) is 10.5. The van der Waals surface area contributed by atoms with Gasteiger partial charge in [-0.25, -0.2) is 0 Å². The lowest BCUT2D eigenvalue weighted by molar-refractivity contribution is 0.413. The normalized spacial score (nSPS) is 20.5. The van der Waals surface area contributed by atoms with E-state index in [1.807, 2.05) is 23.9 Å². The van der Waals surface area contributed by atoms with Crippen molar-refractivity contribution in [3.63, 3.8) is 0 Å². The highest BCUT2D eigenvalue weighted by atomic mass is 32.2. The molecular weight excluding hydrogens is 206 g/mol. The average molecular weight is 223 g/mol. The molecule has 0 aromatic heterocycles. The topological polar surface area (TPSA) is 21.3 Å². The van der Waals surface area contributed by atoms with E-state index in [2.05, 4.69) is 17.4 Å². The minimum absolute atomic E-state index is 0.696. The van der Waals surface area contributed by atoms with Crippen molar-refractivity contribution in [3.8, 4) is 5.75 Å². The van der Waals surface area contributed by atoms with Gasteiger partial charge in [-0.05, 0) is 37.6 Å². The van der Waals surface area contributed by atoms with Crippen LogP contribution in [-0.4, -0.2) is 25.4 Å². The molecule has 1 unspecified atom stereocenters. The zero-order valence-corrected chi connectivity index (χ0v) is 9.85. The fourth-order valence-corrected chi connectivity index (χ4v) is 2.84. The molecule has 0 radical (unpaired) electrons. The lowest BCUT2D eigenvalue weighted by atomic mass is 10.3. The molecule has 1 aromatic rings. The molecular formula is C12H17NOS. The summed E-state index contributed by atoms with van der Waals surface area (Å²) in [5, 5.41) is 3.50. The van der Waals surface area contributed by atoms with Gasteiger partial charge in [-0.15, -0.1) is 11.8 Å². The Morgan fingerprint density at radius 1 is 1.53 bits per heavy atom. The van der Waals surface area contributed by atoms with Gasteiger partial charge in [0.15, 0.2) is 0 Å². The summed E-state index contributed by atoms with van der Waals surface area (Å²) < 4.78 is 5.20. The van der Waals surface area contributed by atoms with Crippen LogP contribution in [0.25, 0.3) is 0 Å². The Balaban J connectivity index is 1.86. The molecule has 1 saturated heterocycles. The van der Waals surface area contributed by atoms with Crippen LogP contribution in [0.5, 0.6) is 5.75 Å². The number of nitrogens with one attached hydrogen (secondary N) is 1. The molecule has 1 N–H and O–H groups in total. The van der Waals surface area contributed by atoms with Crippen molar-refractivity contribution >= 4 is 11.8 Å². The molecule has 82 valence electrons. The van der Waals surface area contributed by atoms with Crippen LogP contribution in [0.1, 0.15) is 12.8 Å². The quantitative estimate of drug-likeness (QED) is 0.793. The molecule has 3 heteroatoms. The van der Waals surface area contributed by atoms with Gasteiger partial charge in [0, 0.05) is 16.7 Å². The van der Waals surface area contributed by atoms with E-state index < -0.39 is 0 Å². The first kappa shape index (κ1) is 10.8. The maximum absolute atomic E-state index is 5.20. The maximum Gasteiger partial charge on any atom is 0.119 e. The Morgan fingerprint density at radius 2 is 2.47 bits per heavy atom. The number of rotatable bonds is 4. The van der Waals surface area contributed by atoms with E-state index in [9.17, 15) is 0 Å². The van der Waals surface area contributed by atoms with Gasteiger partial charge >= 0.3 is 0 Å². The Kier molecular flexibility index (Phi) is 3.92. The smallest absolute Gasteiger partial charge is 0.119 e. The van der Waals surface area contributed by atoms with Crippen LogP contribution < -0.4 is 10.1 Å². The first-order valence-electron chi connectivity index (χ1n) is 5.39. The number of hydrogen-bond acceptors (Lipinski definition) is 3. The largest absolute Gasteiger partial charge is 0.497 e. The summed E-state index contributed by atoms with van der Waals surface area (Å²) in [5.41, 5.74) is 0. The second kappa shape index (κ2) is 5.42. The van der Waals surface area contributed by atoms with Gasteiger partial charge in [0.25, 0.3) is 0 Å². The van der Waals surface area contributed by atoms with Crippen LogP contribution >= 0.6 is 11.8 Å². The molecule has 0 saturated carbocycles. The van der Waals surface area contributed by atoms with Crippen molar-refractivity contribution in [2.24, 2.45) is 0 Å². The van der Waals surface area contributed by atoms with E-state index in [-0.39, 0.29) is 0 Å². The first-order valence-corrected chi connectivity index (χ1v) is 6.37. The molecule has 0 spiro atoms. The van der Waals surface area contributed by atoms with E-state index in [1.165, 1.54) is 24.3 Å². The van der Waals surface area contributed by atoms with Crippen molar-refractivity contribution in [2.75, 3.05) is 19.4 Å². The molecule has 0 amide bonds. The predicted octanol–water partition coefficient (Wildman–Crippen LogP) is 2.54. The van der Waals surface area contributed by atoms with E-state index >= 15 is 0 Å². The van der Waals surface area contributed by atoms with Crippen molar-refractivity contribution in [1.29, 1.82) is 0 Å². The van der Waals surface area contributed by atoms with Gasteiger partial charge < -0.3 is 10.1 Å². The van der Waals surface area contributed by atoms with E-state index in [1.54, 1.807) is 7.11 Å². The second-order valence-electron chi connectivity index (χ2n) is 3.78. The number of ether oxygens (including phenoxy) is 1. The van der Waals surface area contributed by atoms with Crippen molar-refractivity contribution in [3.05, 3.63) is 24.3 Å². The summed E-state index contributed by atoms with van der Waals surface area (Å²) >= 11 is 1.90. The first-order chi connectivity index (χ1) is 7.38. The third kappa shape index (κ3) is 3.14. The second-order valence-corrected chi connectivity index (χ2v) is 4.88. The van der Waals surface area contributed by atoms with Crippen LogP contribution in [0.15, 0.2) is 29.2 Å². The van der Waals surface area contributed by atoms with Gasteiger partial charge in [-0.3, -0.25) is 0 Å². The highest BCUT2D eigenvalue weighted by Gasteiger charge is 2.13. The summed E-state index contributed by atoms with van der Waals surface area (Å²) in [6.07, 6.45) is 2.64. The van der Waals surface area contributed by atoms with E-state index in [4.69, 9.17) is 4.74 Å². The Labute approximate surface area is 95.4 Å². The molecule has 0 bridgehead atoms. The van der Waals surface area contributed by atoms with Crippen molar-refractivity contribution < 1.29 is 4.74 Å². The standard InChI is InChI=1S/C12H17NOS/c1-14-11-5-2-6-12(8-11)15-9-10-4-3-7-13-10/h2,5-6,8,10,13H,3-4,7,9H2,1H3. The summed E-state index contributed by atoms with van der Waals surface area (Å²) in [6.45, 7) is 1.18. The summed E-state index contributed by atoms with van der Waals surface area (Å²) in [7, 11) is 1.71. The van der Waals surface area contributed by atoms with Crippen molar-refractivity contribution in [2.45, 2.75) is 23.8 Å². The minimum Gasteiger partial charge on any atom is -0.497 e. The van der Waals surface area contributed by atoms with E-state index in [0.29, 0.717) is 6.04 Å². The van der Waals surface area contributed by atoms with Gasteiger partial charge in [-0.2, -0.15) is 0 Å². The molecule has 15 heavy (non-hydrogen) atoms. The molecule has 1 fully saturated rings. The zero-order valence-electron chi connectivity index (χ0n) is 9.03. The van der Waals surface area contributed by atoms with E-state index in [0.717, 1.165) is 11.5 Å². The maximum atomic E-state index is 5.20. The summed E-state index contributed by atoms with van der Waals surface area (Å²) in [5.74, 6) is 2.10. The molecule has 1 heterocycles. The van der Waals surface area contributed by atoms with Crippen LogP contribution in [-0.2, 0) is 0 Å². The van der Waals surface area contributed by atoms with Gasteiger partial charge in [0.05, 0.1) is 7.11 Å². The Bertz CT molecular complexity index is 310. The van der Waals surface area contributed by atoms with Gasteiger partial charge in [-0.1, -0.05) is 6.07 Å². The molecule has 2 rings (SSSR count). The molecule has 1 aromatic carbocycles. The Hall–Kier alpha value is -0.670. The molecule has 1 atom stereocenters. The monoisotopic (exact) mass is 223 g/mol. The molecule has 2 nitrogen and oxygen atoms in total. The fourth-order valence-electron chi connectivity index (χ4n) is 1.79. The van der Waals surface area contributed by atoms with Crippen LogP contribution in [0.3, 0.4) is 0 Å². The third-order valence-corrected chi connectivity index (χ3v) is 3.81. The van der Waals surface area contributed by atoms with Crippen LogP contribution in [0, 0.1) is 0 Å². The van der Waals surface area contributed by atoms with Crippen LogP contribution in [0.2, 0.25) is 0 Å². The highest BCUT2D eigenvalue weighted by Crippen LogP contribution is 2.24. The minimum atomic E-state index is 0.696. The van der Waals surface area contributed by atoms with Gasteiger partial charge in [0.2, 0.25) is 0 Å². The lowest BCUT2D eigenvalue weighted by Crippen LogP contribution is -2.23. The van der Waals surface area contributed by atoms with Crippen molar-refractivity contribution in [1.82, 2.24) is 5.32 Å². The predicted molar refractivity (Wildman–Crippen MR) is 64.7 cm³/mol. The fraction of sp³-hybridized carbons (Fsp3) is 0.500. The third-order valence-electron chi connectivity index (χ3n) is 2.65. The summed E-state index contributed by atoms with van der Waals surface area (Å²) in [6, 6.07) is 8.96. The van der Waals surface area contributed by atoms with Gasteiger partial charge in [0.1, 0.15) is 5.75 Å². The lowest BCUT2D eigenvalue weighted by Gasteiger charge is -2.09. The molecule has 0 aliphatic carbocycles. The molecule has 1 aliphatic heterocycles. The number of hydrogen-bond donors (Lipinski definition) is 1.